The Kier molecular flexibility index (Phi) is 8.81. The van der Waals surface area contributed by atoms with Crippen molar-refractivity contribution >= 4 is 12.1 Å². The number of benzene rings is 1. The minimum Gasteiger partial charge on any atom is -0.480 e. The largest absolute Gasteiger partial charge is 0.480 e. The Bertz CT molecular complexity index is 507. The molecule has 24 heavy (non-hydrogen) atoms. The van der Waals surface area contributed by atoms with E-state index in [2.05, 4.69) is 0 Å². The lowest BCUT2D eigenvalue weighted by Gasteiger charge is -2.32. The van der Waals surface area contributed by atoms with Crippen LogP contribution in [-0.4, -0.2) is 52.7 Å². The summed E-state index contributed by atoms with van der Waals surface area (Å²) in [4.78, 5) is 24.5. The zero-order valence-electron chi connectivity index (χ0n) is 14.1. The van der Waals surface area contributed by atoms with Gasteiger partial charge in [0.05, 0.1) is 19.8 Å². The predicted octanol–water partition coefficient (Wildman–Crippen LogP) is 2.23. The Hall–Kier alpha value is -2.12. The molecule has 0 spiro atoms. The van der Waals surface area contributed by atoms with Gasteiger partial charge in [-0.3, -0.25) is 4.90 Å². The molecule has 7 heteroatoms. The molecule has 0 saturated heterocycles. The van der Waals surface area contributed by atoms with Gasteiger partial charge in [-0.1, -0.05) is 43.7 Å². The van der Waals surface area contributed by atoms with Crippen molar-refractivity contribution in [1.29, 1.82) is 0 Å². The third-order valence-corrected chi connectivity index (χ3v) is 3.45. The first-order valence-electron chi connectivity index (χ1n) is 7.95. The first-order chi connectivity index (χ1) is 11.5. The molecule has 0 aliphatic carbocycles. The van der Waals surface area contributed by atoms with Crippen molar-refractivity contribution in [3.63, 3.8) is 0 Å². The van der Waals surface area contributed by atoms with Gasteiger partial charge in [0, 0.05) is 0 Å². The number of carbonyl (C=O) groups is 2. The van der Waals surface area contributed by atoms with Gasteiger partial charge in [0.1, 0.15) is 6.23 Å². The van der Waals surface area contributed by atoms with Crippen LogP contribution in [0.25, 0.3) is 0 Å². The summed E-state index contributed by atoms with van der Waals surface area (Å²) in [6.45, 7) is 3.17. The number of rotatable bonds is 10. The molecule has 1 aromatic carbocycles. The van der Waals surface area contributed by atoms with E-state index in [-0.39, 0.29) is 13.2 Å². The quantitative estimate of drug-likeness (QED) is 0.501. The second-order valence-electron chi connectivity index (χ2n) is 5.31. The van der Waals surface area contributed by atoms with Crippen LogP contribution in [0.2, 0.25) is 0 Å². The molecule has 7 nitrogen and oxygen atoms in total. The van der Waals surface area contributed by atoms with Crippen LogP contribution < -0.4 is 0 Å². The van der Waals surface area contributed by atoms with Crippen LogP contribution in [0.3, 0.4) is 0 Å². The van der Waals surface area contributed by atoms with Gasteiger partial charge in [-0.25, -0.2) is 9.59 Å². The van der Waals surface area contributed by atoms with Gasteiger partial charge in [0.2, 0.25) is 0 Å². The molecular weight excluding hydrogens is 314 g/mol. The molecule has 2 unspecified atom stereocenters. The van der Waals surface area contributed by atoms with Gasteiger partial charge in [-0.15, -0.1) is 0 Å². The number of hydrogen-bond acceptors (Lipinski definition) is 5. The summed E-state index contributed by atoms with van der Waals surface area (Å²) in [6, 6.07) is 7.87. The second-order valence-corrected chi connectivity index (χ2v) is 5.31. The number of nitrogens with zero attached hydrogens (tertiary/aromatic N) is 1. The molecule has 2 atom stereocenters. The number of aliphatic hydroxyl groups excluding tert-OH is 1. The topological polar surface area (TPSA) is 96.3 Å². The molecule has 0 aliphatic rings. The maximum absolute atomic E-state index is 12.2. The van der Waals surface area contributed by atoms with Crippen LogP contribution in [0.4, 0.5) is 4.79 Å². The van der Waals surface area contributed by atoms with E-state index in [4.69, 9.17) is 9.47 Å². The molecule has 0 fully saturated rings. The molecule has 0 aromatic heterocycles. The molecule has 2 N–H and O–H groups in total. The van der Waals surface area contributed by atoms with Gasteiger partial charge < -0.3 is 19.7 Å². The molecule has 0 radical (unpaired) electrons. The van der Waals surface area contributed by atoms with Crippen molar-refractivity contribution in [2.75, 3.05) is 13.2 Å². The van der Waals surface area contributed by atoms with Gasteiger partial charge in [0.15, 0.2) is 6.04 Å². The standard InChI is InChI=1S/C17H25NO6/c1-3-4-10-23-17(22)18(15(11-19)16(20)21)13(2)24-12-14-8-6-5-7-9-14/h5-9,13,15,19H,3-4,10-12H2,1-2H3,(H,20,21). The van der Waals surface area contributed by atoms with Gasteiger partial charge in [0.25, 0.3) is 0 Å². The molecule has 134 valence electrons. The van der Waals surface area contributed by atoms with Crippen LogP contribution >= 0.6 is 0 Å². The van der Waals surface area contributed by atoms with Crippen LogP contribution in [-0.2, 0) is 20.9 Å². The van der Waals surface area contributed by atoms with Crippen molar-refractivity contribution in [3.05, 3.63) is 35.9 Å². The highest BCUT2D eigenvalue weighted by Crippen LogP contribution is 2.13. The van der Waals surface area contributed by atoms with Crippen molar-refractivity contribution in [3.8, 4) is 0 Å². The fraction of sp³-hybridized carbons (Fsp3) is 0.529. The number of amides is 1. The molecule has 0 aliphatic heterocycles. The number of unbranched alkanes of at least 4 members (excludes halogenated alkanes) is 1. The summed E-state index contributed by atoms with van der Waals surface area (Å²) in [6.07, 6.45) is -0.163. The van der Waals surface area contributed by atoms with E-state index in [1.54, 1.807) is 6.92 Å². The number of hydrogen-bond donors (Lipinski definition) is 2. The van der Waals surface area contributed by atoms with Crippen molar-refractivity contribution in [2.24, 2.45) is 0 Å². The zero-order valence-corrected chi connectivity index (χ0v) is 14.1. The zero-order chi connectivity index (χ0) is 17.9. The lowest BCUT2D eigenvalue weighted by molar-refractivity contribution is -0.151. The molecule has 0 bridgehead atoms. The van der Waals surface area contributed by atoms with Crippen LogP contribution in [0.1, 0.15) is 32.3 Å². The molecular formula is C17H25NO6. The Morgan fingerprint density at radius 3 is 2.46 bits per heavy atom. The maximum atomic E-state index is 12.2. The van der Waals surface area contributed by atoms with E-state index in [0.29, 0.717) is 6.42 Å². The summed E-state index contributed by atoms with van der Waals surface area (Å²) in [7, 11) is 0. The minimum atomic E-state index is -1.43. The highest BCUT2D eigenvalue weighted by Gasteiger charge is 2.34. The van der Waals surface area contributed by atoms with Gasteiger partial charge in [-0.2, -0.15) is 0 Å². The summed E-state index contributed by atoms with van der Waals surface area (Å²) in [5.41, 5.74) is 0.888. The number of carboxylic acid groups (broad SMARTS) is 1. The number of ether oxygens (including phenoxy) is 2. The smallest absolute Gasteiger partial charge is 0.412 e. The average molecular weight is 339 g/mol. The van der Waals surface area contributed by atoms with Crippen LogP contribution in [0, 0.1) is 0 Å². The van der Waals surface area contributed by atoms with Gasteiger partial charge >= 0.3 is 12.1 Å². The lowest BCUT2D eigenvalue weighted by atomic mass is 10.2. The Morgan fingerprint density at radius 2 is 1.92 bits per heavy atom. The SMILES string of the molecule is CCCCOC(=O)N(C(C)OCc1ccccc1)C(CO)C(=O)O. The summed E-state index contributed by atoms with van der Waals surface area (Å²) in [5, 5.41) is 18.6. The molecule has 1 aromatic rings. The maximum Gasteiger partial charge on any atom is 0.412 e. The number of carboxylic acids is 1. The lowest BCUT2D eigenvalue weighted by Crippen LogP contribution is -2.52. The Balaban J connectivity index is 2.78. The fourth-order valence-corrected chi connectivity index (χ4v) is 2.06. The van der Waals surface area contributed by atoms with E-state index in [9.17, 15) is 19.8 Å². The third-order valence-electron chi connectivity index (χ3n) is 3.45. The van der Waals surface area contributed by atoms with E-state index in [0.717, 1.165) is 16.9 Å². The van der Waals surface area contributed by atoms with E-state index in [1.165, 1.54) is 0 Å². The number of carbonyl (C=O) groups excluding carboxylic acids is 1. The summed E-state index contributed by atoms with van der Waals surface area (Å²) in [5.74, 6) is -1.32. The van der Waals surface area contributed by atoms with Crippen molar-refractivity contribution in [1.82, 2.24) is 4.90 Å². The monoisotopic (exact) mass is 339 g/mol. The second kappa shape index (κ2) is 10.6. The molecule has 0 heterocycles. The van der Waals surface area contributed by atoms with E-state index in [1.807, 2.05) is 37.3 Å². The first kappa shape index (κ1) is 19.9. The van der Waals surface area contributed by atoms with Crippen LogP contribution in [0.15, 0.2) is 30.3 Å². The predicted molar refractivity (Wildman–Crippen MR) is 87.3 cm³/mol. The van der Waals surface area contributed by atoms with Gasteiger partial charge in [-0.05, 0) is 18.9 Å². The van der Waals surface area contributed by atoms with E-state index >= 15 is 0 Å². The molecule has 1 amide bonds. The third kappa shape index (κ3) is 6.17. The number of aliphatic hydroxyl groups is 1. The Labute approximate surface area is 141 Å². The molecule has 0 saturated carbocycles. The highest BCUT2D eigenvalue weighted by molar-refractivity contribution is 5.80. The molecule has 1 rings (SSSR count). The first-order valence-corrected chi connectivity index (χ1v) is 7.95. The average Bonchev–Trinajstić information content (AvgIpc) is 2.58. The Morgan fingerprint density at radius 1 is 1.25 bits per heavy atom. The van der Waals surface area contributed by atoms with Crippen LogP contribution in [0.5, 0.6) is 0 Å². The minimum absolute atomic E-state index is 0.189. The summed E-state index contributed by atoms with van der Waals surface area (Å²) < 4.78 is 10.7. The summed E-state index contributed by atoms with van der Waals surface area (Å²) >= 11 is 0. The number of aliphatic carboxylic acids is 1. The normalized spacial score (nSPS) is 13.1. The van der Waals surface area contributed by atoms with Crippen molar-refractivity contribution < 1.29 is 29.3 Å². The fourth-order valence-electron chi connectivity index (χ4n) is 2.06. The van der Waals surface area contributed by atoms with E-state index < -0.39 is 30.9 Å². The van der Waals surface area contributed by atoms with Crippen molar-refractivity contribution in [2.45, 2.75) is 45.6 Å². The highest BCUT2D eigenvalue weighted by atomic mass is 16.6.